The number of halogens is 3. The van der Waals surface area contributed by atoms with Gasteiger partial charge >= 0.3 is 0 Å². The van der Waals surface area contributed by atoms with Crippen LogP contribution in [0, 0.1) is 3.57 Å². The summed E-state index contributed by atoms with van der Waals surface area (Å²) in [5.41, 5.74) is 0.978. The van der Waals surface area contributed by atoms with Crippen LogP contribution >= 0.6 is 45.8 Å². The van der Waals surface area contributed by atoms with Crippen LogP contribution in [0.5, 0.6) is 11.5 Å². The molecule has 0 heterocycles. The smallest absolute Gasteiger partial charge is 0.146 e. The maximum absolute atomic E-state index is 6.10. The van der Waals surface area contributed by atoms with Crippen molar-refractivity contribution in [3.63, 3.8) is 0 Å². The molecule has 0 aliphatic rings. The van der Waals surface area contributed by atoms with Gasteiger partial charge in [-0.2, -0.15) is 0 Å². The lowest BCUT2D eigenvalue weighted by Crippen LogP contribution is -1.87. The van der Waals surface area contributed by atoms with E-state index in [1.54, 1.807) is 0 Å². The van der Waals surface area contributed by atoms with Crippen molar-refractivity contribution in [1.29, 1.82) is 0 Å². The molecule has 0 saturated heterocycles. The third kappa shape index (κ3) is 3.50. The highest BCUT2D eigenvalue weighted by Gasteiger charge is 2.04. The molecule has 2 aromatic carbocycles. The van der Waals surface area contributed by atoms with Crippen molar-refractivity contribution in [3.8, 4) is 11.5 Å². The van der Waals surface area contributed by atoms with E-state index in [2.05, 4.69) is 22.6 Å². The van der Waals surface area contributed by atoms with Crippen molar-refractivity contribution in [2.75, 3.05) is 0 Å². The van der Waals surface area contributed by atoms with E-state index in [-0.39, 0.29) is 0 Å². The number of rotatable bonds is 3. The zero-order valence-corrected chi connectivity index (χ0v) is 12.5. The van der Waals surface area contributed by atoms with Crippen LogP contribution in [0.2, 0.25) is 5.02 Å². The topological polar surface area (TPSA) is 9.23 Å². The minimum Gasteiger partial charge on any atom is -0.456 e. The van der Waals surface area contributed by atoms with Gasteiger partial charge in [-0.3, -0.25) is 0 Å². The van der Waals surface area contributed by atoms with Crippen molar-refractivity contribution in [2.24, 2.45) is 0 Å². The lowest BCUT2D eigenvalue weighted by atomic mass is 10.2. The van der Waals surface area contributed by atoms with Gasteiger partial charge in [-0.1, -0.05) is 17.7 Å². The van der Waals surface area contributed by atoms with Crippen LogP contribution in [0.3, 0.4) is 0 Å². The van der Waals surface area contributed by atoms with Crippen LogP contribution in [-0.2, 0) is 5.88 Å². The Morgan fingerprint density at radius 3 is 2.35 bits per heavy atom. The first-order chi connectivity index (χ1) is 8.19. The van der Waals surface area contributed by atoms with Crippen molar-refractivity contribution < 1.29 is 4.74 Å². The summed E-state index contributed by atoms with van der Waals surface area (Å²) in [6, 6.07) is 13.3. The Hall–Kier alpha value is -0.450. The van der Waals surface area contributed by atoms with E-state index >= 15 is 0 Å². The van der Waals surface area contributed by atoms with Gasteiger partial charge in [0, 0.05) is 9.45 Å². The van der Waals surface area contributed by atoms with E-state index in [4.69, 9.17) is 27.9 Å². The maximum atomic E-state index is 6.10. The highest BCUT2D eigenvalue weighted by molar-refractivity contribution is 14.1. The first kappa shape index (κ1) is 13.0. The minimum absolute atomic E-state index is 0.448. The van der Waals surface area contributed by atoms with Crippen LogP contribution < -0.4 is 4.74 Å². The summed E-state index contributed by atoms with van der Waals surface area (Å²) >= 11 is 14.1. The molecule has 0 N–H and O–H groups in total. The fourth-order valence-corrected chi connectivity index (χ4v) is 2.11. The number of hydrogen-bond donors (Lipinski definition) is 0. The molecule has 0 radical (unpaired) electrons. The molecular weight excluding hydrogens is 370 g/mol. The van der Waals surface area contributed by atoms with Gasteiger partial charge < -0.3 is 4.74 Å². The summed E-state index contributed by atoms with van der Waals surface area (Å²) in [4.78, 5) is 0. The Balaban J connectivity index is 2.21. The van der Waals surface area contributed by atoms with Gasteiger partial charge in [0.2, 0.25) is 0 Å². The molecule has 0 amide bonds. The molecule has 0 unspecified atom stereocenters. The van der Waals surface area contributed by atoms with E-state index in [1.807, 2.05) is 42.5 Å². The zero-order valence-electron chi connectivity index (χ0n) is 8.79. The maximum Gasteiger partial charge on any atom is 0.146 e. The average Bonchev–Trinajstić information content (AvgIpc) is 2.34. The molecule has 2 rings (SSSR count). The zero-order chi connectivity index (χ0) is 12.3. The lowest BCUT2D eigenvalue weighted by Gasteiger charge is -2.08. The summed E-state index contributed by atoms with van der Waals surface area (Å²) in [5, 5.41) is 0.571. The van der Waals surface area contributed by atoms with Crippen LogP contribution in [0.4, 0.5) is 0 Å². The lowest BCUT2D eigenvalue weighted by molar-refractivity contribution is 0.482. The molecule has 4 heteroatoms. The normalized spacial score (nSPS) is 10.3. The van der Waals surface area contributed by atoms with Crippen LogP contribution in [-0.4, -0.2) is 0 Å². The monoisotopic (exact) mass is 378 g/mol. The molecule has 2 aromatic rings. The van der Waals surface area contributed by atoms with Crippen LogP contribution in [0.25, 0.3) is 0 Å². The molecule has 0 fully saturated rings. The summed E-state index contributed by atoms with van der Waals surface area (Å²) < 4.78 is 6.85. The Labute approximate surface area is 124 Å². The second-order valence-corrected chi connectivity index (χ2v) is 5.37. The highest BCUT2D eigenvalue weighted by atomic mass is 127. The molecule has 0 bridgehead atoms. The van der Waals surface area contributed by atoms with Gasteiger partial charge in [-0.25, -0.2) is 0 Å². The predicted molar refractivity (Wildman–Crippen MR) is 80.2 cm³/mol. The molecule has 0 aliphatic carbocycles. The fourth-order valence-electron chi connectivity index (χ4n) is 1.34. The van der Waals surface area contributed by atoms with Gasteiger partial charge in [0.05, 0.1) is 5.02 Å². The van der Waals surface area contributed by atoms with E-state index in [0.29, 0.717) is 16.7 Å². The number of alkyl halides is 1. The Kier molecular flexibility index (Phi) is 4.54. The summed E-state index contributed by atoms with van der Waals surface area (Å²) in [6.45, 7) is 0. The van der Waals surface area contributed by atoms with Crippen molar-refractivity contribution >= 4 is 45.8 Å². The van der Waals surface area contributed by atoms with Crippen molar-refractivity contribution in [2.45, 2.75) is 5.88 Å². The molecule has 17 heavy (non-hydrogen) atoms. The molecule has 0 atom stereocenters. The van der Waals surface area contributed by atoms with Crippen molar-refractivity contribution in [1.82, 2.24) is 0 Å². The van der Waals surface area contributed by atoms with Gasteiger partial charge in [-0.15, -0.1) is 11.6 Å². The third-order valence-electron chi connectivity index (χ3n) is 2.19. The van der Waals surface area contributed by atoms with Crippen molar-refractivity contribution in [3.05, 3.63) is 56.6 Å². The fraction of sp³-hybridized carbons (Fsp3) is 0.0769. The Bertz CT molecular complexity index is 511. The van der Waals surface area contributed by atoms with Gasteiger partial charge in [0.15, 0.2) is 0 Å². The van der Waals surface area contributed by atoms with Crippen LogP contribution in [0.1, 0.15) is 5.56 Å². The second-order valence-electron chi connectivity index (χ2n) is 3.45. The second kappa shape index (κ2) is 5.94. The van der Waals surface area contributed by atoms with Gasteiger partial charge in [0.25, 0.3) is 0 Å². The van der Waals surface area contributed by atoms with Gasteiger partial charge in [0.1, 0.15) is 11.5 Å². The number of benzene rings is 2. The van der Waals surface area contributed by atoms with E-state index in [9.17, 15) is 0 Å². The SMILES string of the molecule is ClCc1ccc(Oc2ccc(I)cc2)c(Cl)c1. The standard InChI is InChI=1S/C13H9Cl2IO/c14-8-9-1-6-13(12(15)7-9)17-11-4-2-10(16)3-5-11/h1-7H,8H2. The molecule has 88 valence electrons. The Morgan fingerprint density at radius 2 is 1.76 bits per heavy atom. The molecular formula is C13H9Cl2IO. The average molecular weight is 379 g/mol. The predicted octanol–water partition coefficient (Wildman–Crippen LogP) is 5.48. The molecule has 0 saturated carbocycles. The molecule has 1 nitrogen and oxygen atoms in total. The summed E-state index contributed by atoms with van der Waals surface area (Å²) in [7, 11) is 0. The molecule has 0 aliphatic heterocycles. The summed E-state index contributed by atoms with van der Waals surface area (Å²) in [5.74, 6) is 1.86. The highest BCUT2D eigenvalue weighted by Crippen LogP contribution is 2.30. The summed E-state index contributed by atoms with van der Waals surface area (Å²) in [6.07, 6.45) is 0. The third-order valence-corrected chi connectivity index (χ3v) is 3.52. The quantitative estimate of drug-likeness (QED) is 0.507. The first-order valence-corrected chi connectivity index (χ1v) is 6.96. The largest absolute Gasteiger partial charge is 0.456 e. The minimum atomic E-state index is 0.448. The van der Waals surface area contributed by atoms with E-state index in [1.165, 1.54) is 3.57 Å². The molecule has 0 spiro atoms. The van der Waals surface area contributed by atoms with Crippen LogP contribution in [0.15, 0.2) is 42.5 Å². The van der Waals surface area contributed by atoms with Gasteiger partial charge in [-0.05, 0) is 64.6 Å². The molecule has 0 aromatic heterocycles. The van der Waals surface area contributed by atoms with E-state index in [0.717, 1.165) is 11.3 Å². The Morgan fingerprint density at radius 1 is 1.06 bits per heavy atom. The van der Waals surface area contributed by atoms with E-state index < -0.39 is 0 Å². The number of ether oxygens (including phenoxy) is 1. The number of hydrogen-bond acceptors (Lipinski definition) is 1. The first-order valence-electron chi connectivity index (χ1n) is 4.97.